The van der Waals surface area contributed by atoms with Crippen molar-refractivity contribution >= 4 is 33.1 Å². The van der Waals surface area contributed by atoms with Gasteiger partial charge in [0.15, 0.2) is 5.82 Å². The second-order valence-electron chi connectivity index (χ2n) is 10.1. The zero-order chi connectivity index (χ0) is 27.9. The summed E-state index contributed by atoms with van der Waals surface area (Å²) in [6.07, 6.45) is -2.65. The maximum absolute atomic E-state index is 13.0. The topological polar surface area (TPSA) is 95.5 Å². The summed E-state index contributed by atoms with van der Waals surface area (Å²) in [4.78, 5) is 14.6. The number of nitrogens with one attached hydrogen (secondary N) is 1. The van der Waals surface area contributed by atoms with Crippen LogP contribution in [0, 0.1) is 5.92 Å². The predicted molar refractivity (Wildman–Crippen MR) is 142 cm³/mol. The molecule has 2 aromatic carbocycles. The molecule has 1 atom stereocenters. The first-order valence-corrected chi connectivity index (χ1v) is 14.2. The molecule has 2 aliphatic rings. The number of anilines is 3. The number of amides is 1. The molecule has 0 bridgehead atoms. The van der Waals surface area contributed by atoms with E-state index in [9.17, 15) is 26.4 Å². The fourth-order valence-electron chi connectivity index (χ4n) is 5.03. The van der Waals surface area contributed by atoms with Gasteiger partial charge < -0.3 is 9.80 Å². The number of carbonyl (C=O) groups is 1. The van der Waals surface area contributed by atoms with Crippen molar-refractivity contribution in [1.29, 1.82) is 0 Å². The molecule has 8 nitrogen and oxygen atoms in total. The smallest absolute Gasteiger partial charge is 0.355 e. The van der Waals surface area contributed by atoms with Gasteiger partial charge in [-0.2, -0.15) is 13.2 Å². The number of fused-ring (bicyclic) bond motifs is 1. The first kappa shape index (κ1) is 26.9. The molecule has 206 valence electrons. The quantitative estimate of drug-likeness (QED) is 0.472. The van der Waals surface area contributed by atoms with Crippen molar-refractivity contribution in [3.05, 3.63) is 60.2 Å². The van der Waals surface area contributed by atoms with Crippen LogP contribution >= 0.6 is 0 Å². The lowest BCUT2D eigenvalue weighted by Crippen LogP contribution is -2.44. The highest BCUT2D eigenvalue weighted by molar-refractivity contribution is 7.92. The Bertz CT molecular complexity index is 1470. The third-order valence-electron chi connectivity index (χ3n) is 7.23. The van der Waals surface area contributed by atoms with E-state index in [1.165, 1.54) is 25.1 Å². The Hall–Kier alpha value is -3.67. The molecule has 0 aliphatic carbocycles. The van der Waals surface area contributed by atoms with Crippen LogP contribution in [-0.4, -0.2) is 49.8 Å². The lowest BCUT2D eigenvalue weighted by molar-refractivity contribution is -0.170. The molecule has 0 spiro atoms. The molecule has 1 fully saturated rings. The molecule has 2 aliphatic heterocycles. The number of piperidine rings is 1. The van der Waals surface area contributed by atoms with Crippen LogP contribution in [0.25, 0.3) is 11.3 Å². The number of alkyl halides is 3. The van der Waals surface area contributed by atoms with Crippen LogP contribution < -0.4 is 14.5 Å². The number of halogens is 3. The average Bonchev–Trinajstić information content (AvgIpc) is 3.23. The highest BCUT2D eigenvalue weighted by atomic mass is 32.2. The molecule has 5 rings (SSSR count). The summed E-state index contributed by atoms with van der Waals surface area (Å²) in [5, 5.41) is 8.71. The van der Waals surface area contributed by atoms with Gasteiger partial charge in [-0.1, -0.05) is 19.1 Å². The minimum atomic E-state index is -5.02. The van der Waals surface area contributed by atoms with Gasteiger partial charge in [0, 0.05) is 36.1 Å². The van der Waals surface area contributed by atoms with E-state index in [2.05, 4.69) is 26.7 Å². The summed E-state index contributed by atoms with van der Waals surface area (Å²) >= 11 is 0. The Morgan fingerprint density at radius 3 is 2.28 bits per heavy atom. The molecule has 1 N–H and O–H groups in total. The van der Waals surface area contributed by atoms with Crippen LogP contribution in [0.5, 0.6) is 0 Å². The number of rotatable bonds is 5. The predicted octanol–water partition coefficient (Wildman–Crippen LogP) is 5.02. The Labute approximate surface area is 224 Å². The average molecular weight is 560 g/mol. The van der Waals surface area contributed by atoms with E-state index in [0.717, 1.165) is 43.2 Å². The first-order chi connectivity index (χ1) is 18.4. The van der Waals surface area contributed by atoms with Crippen LogP contribution in [0.1, 0.15) is 32.3 Å². The SMILES string of the molecule is CC1CCN(c2ccc(-c3ccc(NS(=O)(=O)c4ccc5c(c4)CC(C)N5C(=O)C(F)(F)F)cc3)nn2)CC1. The first-order valence-electron chi connectivity index (χ1n) is 12.7. The maximum atomic E-state index is 13.0. The second kappa shape index (κ2) is 10.1. The zero-order valence-corrected chi connectivity index (χ0v) is 22.3. The minimum Gasteiger partial charge on any atom is -0.355 e. The van der Waals surface area contributed by atoms with Gasteiger partial charge in [-0.05, 0) is 80.1 Å². The summed E-state index contributed by atoms with van der Waals surface area (Å²) in [6, 6.07) is 13.5. The van der Waals surface area contributed by atoms with Crippen LogP contribution in [0.4, 0.5) is 30.4 Å². The van der Waals surface area contributed by atoms with Crippen molar-refractivity contribution in [1.82, 2.24) is 10.2 Å². The molecule has 1 aromatic heterocycles. The molecule has 1 amide bonds. The number of benzene rings is 2. The maximum Gasteiger partial charge on any atom is 0.471 e. The van der Waals surface area contributed by atoms with Gasteiger partial charge in [0.2, 0.25) is 0 Å². The molecule has 3 aromatic rings. The van der Waals surface area contributed by atoms with Crippen LogP contribution in [-0.2, 0) is 21.2 Å². The molecular weight excluding hydrogens is 531 g/mol. The fraction of sp³-hybridized carbons (Fsp3) is 0.370. The molecule has 1 saturated heterocycles. The van der Waals surface area contributed by atoms with E-state index < -0.39 is 28.1 Å². The van der Waals surface area contributed by atoms with Crippen molar-refractivity contribution < 1.29 is 26.4 Å². The summed E-state index contributed by atoms with van der Waals surface area (Å²) < 4.78 is 67.6. The number of sulfonamides is 1. The van der Waals surface area contributed by atoms with Gasteiger partial charge in [-0.25, -0.2) is 8.42 Å². The summed E-state index contributed by atoms with van der Waals surface area (Å²) in [5.74, 6) is -0.414. The monoisotopic (exact) mass is 559 g/mol. The normalized spacial score (nSPS) is 18.2. The highest BCUT2D eigenvalue weighted by Crippen LogP contribution is 2.37. The van der Waals surface area contributed by atoms with Crippen molar-refractivity contribution in [2.45, 2.75) is 50.2 Å². The zero-order valence-electron chi connectivity index (χ0n) is 21.4. The van der Waals surface area contributed by atoms with E-state index >= 15 is 0 Å². The lowest BCUT2D eigenvalue weighted by atomic mass is 9.99. The van der Waals surface area contributed by atoms with Crippen LogP contribution in [0.2, 0.25) is 0 Å². The summed E-state index contributed by atoms with van der Waals surface area (Å²) in [6.45, 7) is 5.65. The summed E-state index contributed by atoms with van der Waals surface area (Å²) in [5.41, 5.74) is 2.16. The van der Waals surface area contributed by atoms with Gasteiger partial charge in [-0.15, -0.1) is 10.2 Å². The largest absolute Gasteiger partial charge is 0.471 e. The van der Waals surface area contributed by atoms with Gasteiger partial charge in [0.25, 0.3) is 10.0 Å². The van der Waals surface area contributed by atoms with Gasteiger partial charge in [-0.3, -0.25) is 9.52 Å². The van der Waals surface area contributed by atoms with Crippen molar-refractivity contribution in [3.8, 4) is 11.3 Å². The van der Waals surface area contributed by atoms with Gasteiger partial charge in [0.1, 0.15) is 0 Å². The number of hydrogen-bond acceptors (Lipinski definition) is 6. The Morgan fingerprint density at radius 1 is 0.974 bits per heavy atom. The van der Waals surface area contributed by atoms with Crippen LogP contribution in [0.3, 0.4) is 0 Å². The third-order valence-corrected chi connectivity index (χ3v) is 8.61. The van der Waals surface area contributed by atoms with Crippen molar-refractivity contribution in [3.63, 3.8) is 0 Å². The molecule has 1 unspecified atom stereocenters. The highest BCUT2D eigenvalue weighted by Gasteiger charge is 2.47. The second-order valence-corrected chi connectivity index (χ2v) is 11.8. The van der Waals surface area contributed by atoms with E-state index in [0.29, 0.717) is 21.8 Å². The number of carbonyl (C=O) groups excluding carboxylic acids is 1. The fourth-order valence-corrected chi connectivity index (χ4v) is 6.14. The minimum absolute atomic E-state index is 0.0649. The molecule has 0 radical (unpaired) electrons. The summed E-state index contributed by atoms with van der Waals surface area (Å²) in [7, 11) is -4.03. The van der Waals surface area contributed by atoms with E-state index in [-0.39, 0.29) is 17.0 Å². The van der Waals surface area contributed by atoms with E-state index in [1.807, 2.05) is 12.1 Å². The Balaban J connectivity index is 1.28. The number of nitrogens with zero attached hydrogens (tertiary/aromatic N) is 4. The van der Waals surface area contributed by atoms with Gasteiger partial charge >= 0.3 is 12.1 Å². The van der Waals surface area contributed by atoms with E-state index in [4.69, 9.17) is 0 Å². The molecular formula is C27H28F3N5O3S. The van der Waals surface area contributed by atoms with Gasteiger partial charge in [0.05, 0.1) is 10.6 Å². The van der Waals surface area contributed by atoms with Crippen molar-refractivity contribution in [2.75, 3.05) is 27.6 Å². The standard InChI is InChI=1S/C27H28F3N5O3S/c1-17-11-13-34(14-12-17)25-10-8-23(31-32-25)19-3-5-21(6-4-19)33-39(37,38)22-7-9-24-20(16-22)15-18(2)35(24)26(36)27(28,29)30/h3-10,16-18,33H,11-15H2,1-2H3. The van der Waals surface area contributed by atoms with Crippen molar-refractivity contribution in [2.24, 2.45) is 5.92 Å². The number of hydrogen-bond donors (Lipinski definition) is 1. The lowest BCUT2D eigenvalue weighted by Gasteiger charge is -2.30. The molecule has 12 heteroatoms. The third kappa shape index (κ3) is 5.56. The van der Waals surface area contributed by atoms with Crippen LogP contribution in [0.15, 0.2) is 59.5 Å². The Kier molecular flexibility index (Phi) is 7.00. The molecule has 0 saturated carbocycles. The molecule has 39 heavy (non-hydrogen) atoms. The Morgan fingerprint density at radius 2 is 1.67 bits per heavy atom. The number of aromatic nitrogens is 2. The molecule has 3 heterocycles. The van der Waals surface area contributed by atoms with E-state index in [1.54, 1.807) is 24.3 Å².